The molecular weight excluding hydrogens is 663 g/mol. The van der Waals surface area contributed by atoms with Crippen LogP contribution in [0.5, 0.6) is 0 Å². The maximum Gasteiger partial charge on any atom is 0.198 e. The van der Waals surface area contributed by atoms with Gasteiger partial charge in [0.05, 0.1) is 15.7 Å². The van der Waals surface area contributed by atoms with Gasteiger partial charge in [0, 0.05) is 48.9 Å². The van der Waals surface area contributed by atoms with E-state index in [-0.39, 0.29) is 10.8 Å². The number of H-pyrrole nitrogens is 1. The zero-order valence-electron chi connectivity index (χ0n) is 31.2. The molecule has 3 nitrogen and oxygen atoms in total. The molecule has 1 aliphatic heterocycles. The van der Waals surface area contributed by atoms with Crippen molar-refractivity contribution in [3.63, 3.8) is 0 Å². The highest BCUT2D eigenvalue weighted by Crippen LogP contribution is 2.50. The molecule has 1 N–H and O–H groups in total. The molecule has 0 saturated carbocycles. The van der Waals surface area contributed by atoms with Gasteiger partial charge < -0.3 is 14.3 Å². The van der Waals surface area contributed by atoms with Crippen molar-refractivity contribution in [2.75, 3.05) is 4.90 Å². The zero-order valence-corrected chi connectivity index (χ0v) is 32.0. The molecule has 4 heterocycles. The smallest absolute Gasteiger partial charge is 0.198 e. The van der Waals surface area contributed by atoms with Crippen LogP contribution in [0.3, 0.4) is 0 Å². The van der Waals surface area contributed by atoms with Crippen LogP contribution in [0.4, 0.5) is 17.1 Å². The molecule has 0 amide bonds. The number of hydrogen-bond acceptors (Lipinski definition) is 3. The second-order valence-corrected chi connectivity index (χ2v) is 18.1. The third-order valence-electron chi connectivity index (χ3n) is 12.7. The van der Waals surface area contributed by atoms with Crippen molar-refractivity contribution in [2.45, 2.75) is 65.2 Å². The van der Waals surface area contributed by atoms with Crippen molar-refractivity contribution >= 4 is 99.7 Å². The van der Waals surface area contributed by atoms with Crippen LogP contribution < -0.4 is 15.8 Å². The molecule has 1 aliphatic carbocycles. The topological polar surface area (TPSA) is 32.2 Å². The van der Waals surface area contributed by atoms with Crippen LogP contribution in [0.25, 0.3) is 64.3 Å². The first-order chi connectivity index (χ1) is 25.6. The summed E-state index contributed by atoms with van der Waals surface area (Å²) in [6.07, 6.45) is 2.38. The largest absolute Gasteiger partial charge is 0.456 e. The summed E-state index contributed by atoms with van der Waals surface area (Å²) < 4.78 is 9.18. The highest BCUT2D eigenvalue weighted by atomic mass is 32.1. The third kappa shape index (κ3) is 4.41. The molecule has 6 aromatic carbocycles. The Balaban J connectivity index is 1.21. The van der Waals surface area contributed by atoms with Gasteiger partial charge in [0.25, 0.3) is 0 Å². The number of nitrogens with one attached hydrogen (secondary N) is 1. The number of benzene rings is 6. The highest BCUT2D eigenvalue weighted by Gasteiger charge is 2.39. The minimum atomic E-state index is 0.0948. The number of anilines is 3. The lowest BCUT2D eigenvalue weighted by Crippen LogP contribution is -2.41. The molecule has 258 valence electrons. The molecule has 0 radical (unpaired) electrons. The van der Waals surface area contributed by atoms with Gasteiger partial charge in [-0.3, -0.25) is 0 Å². The molecule has 0 spiro atoms. The molecule has 9 aromatic rings. The Kier molecular flexibility index (Phi) is 6.30. The maximum atomic E-state index is 6.52. The summed E-state index contributed by atoms with van der Waals surface area (Å²) in [6.45, 7) is 14.3. The fraction of sp³-hybridized carbons (Fsp3) is 0.208. The molecule has 0 saturated heterocycles. The van der Waals surface area contributed by atoms with Crippen molar-refractivity contribution in [1.82, 2.24) is 4.98 Å². The predicted octanol–water partition coefficient (Wildman–Crippen LogP) is 12.2. The van der Waals surface area contributed by atoms with Gasteiger partial charge in [-0.1, -0.05) is 99.9 Å². The highest BCUT2D eigenvalue weighted by molar-refractivity contribution is 7.26. The molecule has 0 fully saturated rings. The van der Waals surface area contributed by atoms with Crippen LogP contribution in [0, 0.1) is 13.8 Å². The Hall–Kier alpha value is -5.26. The van der Waals surface area contributed by atoms with Gasteiger partial charge in [-0.05, 0) is 107 Å². The number of para-hydroxylation sites is 2. The van der Waals surface area contributed by atoms with Gasteiger partial charge in [-0.25, -0.2) is 0 Å². The van der Waals surface area contributed by atoms with E-state index in [1.54, 1.807) is 0 Å². The number of nitrogens with zero attached hydrogens (tertiary/aromatic N) is 1. The second-order valence-electron chi connectivity index (χ2n) is 17.0. The van der Waals surface area contributed by atoms with E-state index in [9.17, 15) is 0 Å². The molecule has 2 aliphatic rings. The van der Waals surface area contributed by atoms with E-state index in [1.807, 2.05) is 11.3 Å². The number of furan rings is 1. The molecule has 5 heteroatoms. The lowest BCUT2D eigenvalue weighted by atomic mass is 9.57. The number of rotatable bonds is 2. The lowest BCUT2D eigenvalue weighted by Gasteiger charge is -2.43. The number of fused-ring (bicyclic) bond motifs is 11. The van der Waals surface area contributed by atoms with Crippen LogP contribution in [0.2, 0.25) is 0 Å². The zero-order chi connectivity index (χ0) is 36.0. The number of aromatic amines is 1. The summed E-state index contributed by atoms with van der Waals surface area (Å²) >= 11 is 1.89. The average Bonchev–Trinajstić information content (AvgIpc) is 3.81. The first-order valence-electron chi connectivity index (χ1n) is 19.0. The minimum absolute atomic E-state index is 0.0948. The Morgan fingerprint density at radius 2 is 1.38 bits per heavy atom. The Labute approximate surface area is 314 Å². The summed E-state index contributed by atoms with van der Waals surface area (Å²) in [5.41, 5.74) is 19.1. The normalized spacial score (nSPS) is 16.0. The predicted molar refractivity (Wildman–Crippen MR) is 230 cm³/mol. The molecule has 3 aromatic heterocycles. The van der Waals surface area contributed by atoms with Crippen molar-refractivity contribution < 1.29 is 4.42 Å². The van der Waals surface area contributed by atoms with Gasteiger partial charge in [-0.15, -0.1) is 11.3 Å². The first-order valence-corrected chi connectivity index (χ1v) is 19.8. The van der Waals surface area contributed by atoms with E-state index >= 15 is 0 Å². The van der Waals surface area contributed by atoms with E-state index in [0.717, 1.165) is 23.8 Å². The lowest BCUT2D eigenvalue weighted by molar-refractivity contribution is 0.332. The number of aryl methyl sites for hydroxylation is 2. The fourth-order valence-corrected chi connectivity index (χ4v) is 10.9. The van der Waals surface area contributed by atoms with E-state index in [0.29, 0.717) is 0 Å². The van der Waals surface area contributed by atoms with Crippen molar-refractivity contribution in [2.24, 2.45) is 0 Å². The van der Waals surface area contributed by atoms with Crippen molar-refractivity contribution in [3.8, 4) is 11.1 Å². The van der Waals surface area contributed by atoms with Gasteiger partial charge >= 0.3 is 0 Å². The van der Waals surface area contributed by atoms with Gasteiger partial charge in [-0.2, -0.15) is 0 Å². The summed E-state index contributed by atoms with van der Waals surface area (Å²) in [5.74, 6) is 0. The molecule has 0 bridgehead atoms. The molecule has 11 rings (SSSR count). The molecule has 0 atom stereocenters. The van der Waals surface area contributed by atoms with Crippen LogP contribution in [-0.2, 0) is 10.8 Å². The van der Waals surface area contributed by atoms with Crippen molar-refractivity contribution in [1.29, 1.82) is 0 Å². The standard InChI is InChI=1S/C48H41BN2OS/c1-26-20-33(29-14-11-15-31-44(29)50-45-30-13-8-10-17-42(30)53-46(31)45)43-39(21-26)51(37-24-35-34(22-27(37)2)47(3,4)18-19-48(35,5)6)38-23-32-28-12-7-9-16-40(28)52-41(32)25-36(38)49-43/h7-17,20-25,49-50H,18-19H2,1-6H3. The quantitative estimate of drug-likeness (QED) is 0.182. The van der Waals surface area contributed by atoms with E-state index < -0.39 is 0 Å². The Bertz CT molecular complexity index is 3030. The average molecular weight is 705 g/mol. The summed E-state index contributed by atoms with van der Waals surface area (Å²) in [5, 5.41) is 4.92. The van der Waals surface area contributed by atoms with Crippen LogP contribution >= 0.6 is 11.3 Å². The third-order valence-corrected chi connectivity index (χ3v) is 13.9. The van der Waals surface area contributed by atoms with Crippen LogP contribution in [0.1, 0.15) is 62.8 Å². The monoisotopic (exact) mass is 704 g/mol. The summed E-state index contributed by atoms with van der Waals surface area (Å²) in [4.78, 5) is 6.53. The first kappa shape index (κ1) is 31.3. The Morgan fingerprint density at radius 3 is 2.21 bits per heavy atom. The Morgan fingerprint density at radius 1 is 0.642 bits per heavy atom. The van der Waals surface area contributed by atoms with E-state index in [2.05, 4.69) is 155 Å². The molecular formula is C48H41BN2OS. The molecule has 0 unspecified atom stereocenters. The summed E-state index contributed by atoms with van der Waals surface area (Å²) in [6, 6.07) is 38.7. The van der Waals surface area contributed by atoms with Crippen LogP contribution in [-0.4, -0.2) is 12.3 Å². The van der Waals surface area contributed by atoms with Crippen molar-refractivity contribution in [3.05, 3.63) is 125 Å². The second kappa shape index (κ2) is 10.7. The molecule has 53 heavy (non-hydrogen) atoms. The minimum Gasteiger partial charge on any atom is -0.456 e. The van der Waals surface area contributed by atoms with Gasteiger partial charge in [0.2, 0.25) is 0 Å². The number of thiophene rings is 1. The fourth-order valence-electron chi connectivity index (χ4n) is 9.69. The van der Waals surface area contributed by atoms with Gasteiger partial charge in [0.15, 0.2) is 7.28 Å². The van der Waals surface area contributed by atoms with E-state index in [1.165, 1.54) is 111 Å². The number of aromatic nitrogens is 1. The number of hydrogen-bond donors (Lipinski definition) is 1. The summed E-state index contributed by atoms with van der Waals surface area (Å²) in [7, 11) is 0.820. The SMILES string of the molecule is Cc1cc(-c2cccc3c2[nH]c2c4ccccc4sc32)c2c(c1)N(c1cc3c(cc1C)C(C)(C)CCC3(C)C)c1cc3c(cc1B2)oc1ccccc13. The maximum absolute atomic E-state index is 6.52. The van der Waals surface area contributed by atoms with Crippen LogP contribution in [0.15, 0.2) is 108 Å². The van der Waals surface area contributed by atoms with Gasteiger partial charge in [0.1, 0.15) is 11.2 Å². The van der Waals surface area contributed by atoms with E-state index in [4.69, 9.17) is 4.42 Å².